The topological polar surface area (TPSA) is 38.3 Å². The van der Waals surface area contributed by atoms with E-state index in [0.717, 1.165) is 21.5 Å². The zero-order valence-electron chi connectivity index (χ0n) is 8.35. The van der Waals surface area contributed by atoms with Crippen LogP contribution in [0.2, 0.25) is 0 Å². The van der Waals surface area contributed by atoms with Crippen LogP contribution in [0.5, 0.6) is 5.75 Å². The Hall–Kier alpha value is -1.03. The summed E-state index contributed by atoms with van der Waals surface area (Å²) in [5.74, 6) is 0.709. The molecule has 0 aliphatic heterocycles. The lowest BCUT2D eigenvalue weighted by atomic mass is 10.2. The molecule has 1 rings (SSSR count). The van der Waals surface area contributed by atoms with Gasteiger partial charge in [-0.1, -0.05) is 0 Å². The molecule has 0 spiro atoms. The Kier molecular flexibility index (Phi) is 3.52. The molecule has 0 bridgehead atoms. The third-order valence-electron chi connectivity index (χ3n) is 1.75. The summed E-state index contributed by atoms with van der Waals surface area (Å²) >= 11 is 3.37. The highest BCUT2D eigenvalue weighted by Crippen LogP contribution is 2.31. The number of halogens is 1. The molecule has 0 aliphatic carbocycles. The fraction of sp³-hybridized carbons (Fsp3) is 0.300. The van der Waals surface area contributed by atoms with Crippen molar-refractivity contribution in [2.45, 2.75) is 13.8 Å². The van der Waals surface area contributed by atoms with E-state index in [1.165, 1.54) is 6.92 Å². The number of anilines is 1. The second-order valence-corrected chi connectivity index (χ2v) is 3.84. The fourth-order valence-electron chi connectivity index (χ4n) is 1.26. The van der Waals surface area contributed by atoms with E-state index in [4.69, 9.17) is 4.74 Å². The van der Waals surface area contributed by atoms with Gasteiger partial charge in [0.25, 0.3) is 0 Å². The molecule has 1 amide bonds. The van der Waals surface area contributed by atoms with Crippen molar-refractivity contribution in [1.29, 1.82) is 0 Å². The number of nitrogens with one attached hydrogen (secondary N) is 1. The second-order valence-electron chi connectivity index (χ2n) is 2.99. The Morgan fingerprint density at radius 2 is 2.14 bits per heavy atom. The highest BCUT2D eigenvalue weighted by Gasteiger charge is 2.06. The Morgan fingerprint density at radius 1 is 1.50 bits per heavy atom. The van der Waals surface area contributed by atoms with Gasteiger partial charge in [-0.2, -0.15) is 0 Å². The molecule has 0 unspecified atom stereocenters. The summed E-state index contributed by atoms with van der Waals surface area (Å²) in [7, 11) is 1.62. The molecule has 14 heavy (non-hydrogen) atoms. The molecule has 0 heterocycles. The van der Waals surface area contributed by atoms with Gasteiger partial charge in [0.05, 0.1) is 11.6 Å². The maximum absolute atomic E-state index is 10.8. The molecule has 0 aliphatic rings. The first-order chi connectivity index (χ1) is 6.54. The average Bonchev–Trinajstić information content (AvgIpc) is 2.01. The number of methoxy groups -OCH3 is 1. The molecule has 0 radical (unpaired) electrons. The maximum atomic E-state index is 10.8. The van der Waals surface area contributed by atoms with E-state index in [-0.39, 0.29) is 5.91 Å². The molecule has 3 nitrogen and oxygen atoms in total. The molecule has 0 saturated heterocycles. The van der Waals surface area contributed by atoms with Crippen LogP contribution in [0, 0.1) is 6.92 Å². The van der Waals surface area contributed by atoms with E-state index in [9.17, 15) is 4.79 Å². The predicted molar refractivity (Wildman–Crippen MR) is 59.7 cm³/mol. The summed E-state index contributed by atoms with van der Waals surface area (Å²) in [6, 6.07) is 3.68. The lowest BCUT2D eigenvalue weighted by molar-refractivity contribution is -0.114. The minimum atomic E-state index is -0.0820. The Labute approximate surface area is 91.6 Å². The third-order valence-corrected chi connectivity index (χ3v) is 2.34. The van der Waals surface area contributed by atoms with Crippen molar-refractivity contribution in [3.63, 3.8) is 0 Å². The molecular weight excluding hydrogens is 246 g/mol. The van der Waals surface area contributed by atoms with Gasteiger partial charge in [-0.15, -0.1) is 0 Å². The number of aryl methyl sites for hydroxylation is 1. The minimum absolute atomic E-state index is 0.0820. The van der Waals surface area contributed by atoms with Gasteiger partial charge in [0.15, 0.2) is 0 Å². The van der Waals surface area contributed by atoms with Gasteiger partial charge < -0.3 is 10.1 Å². The number of hydrogen-bond acceptors (Lipinski definition) is 2. The zero-order valence-corrected chi connectivity index (χ0v) is 9.94. The predicted octanol–water partition coefficient (Wildman–Crippen LogP) is 2.72. The third kappa shape index (κ3) is 2.48. The Bertz CT molecular complexity index is 340. The molecule has 1 aromatic carbocycles. The number of carbonyl (C=O) groups is 1. The molecule has 4 heteroatoms. The van der Waals surface area contributed by atoms with E-state index in [1.807, 2.05) is 19.1 Å². The van der Waals surface area contributed by atoms with Crippen LogP contribution in [0.25, 0.3) is 0 Å². The fourth-order valence-corrected chi connectivity index (χ4v) is 1.99. The maximum Gasteiger partial charge on any atom is 0.221 e. The van der Waals surface area contributed by atoms with Crippen LogP contribution in [0.3, 0.4) is 0 Å². The molecule has 0 atom stereocenters. The standard InChI is InChI=1S/C10H12BrNO2/c1-6-4-8(12-7(2)13)5-9(11)10(6)14-3/h4-5H,1-3H3,(H,12,13). The normalized spacial score (nSPS) is 9.71. The van der Waals surface area contributed by atoms with Crippen molar-refractivity contribution in [3.05, 3.63) is 22.2 Å². The Balaban J connectivity index is 3.07. The Morgan fingerprint density at radius 3 is 2.57 bits per heavy atom. The number of benzene rings is 1. The van der Waals surface area contributed by atoms with Crippen LogP contribution >= 0.6 is 15.9 Å². The first-order valence-electron chi connectivity index (χ1n) is 4.16. The van der Waals surface area contributed by atoms with Crippen LogP contribution < -0.4 is 10.1 Å². The molecule has 0 fully saturated rings. The summed E-state index contributed by atoms with van der Waals surface area (Å²) in [6.07, 6.45) is 0. The van der Waals surface area contributed by atoms with Crippen LogP contribution in [-0.2, 0) is 4.79 Å². The first-order valence-corrected chi connectivity index (χ1v) is 4.95. The van der Waals surface area contributed by atoms with Gasteiger partial charge >= 0.3 is 0 Å². The zero-order chi connectivity index (χ0) is 10.7. The van der Waals surface area contributed by atoms with E-state index < -0.39 is 0 Å². The van der Waals surface area contributed by atoms with Crippen molar-refractivity contribution in [2.75, 3.05) is 12.4 Å². The van der Waals surface area contributed by atoms with Crippen molar-refractivity contribution in [3.8, 4) is 5.75 Å². The number of rotatable bonds is 2. The molecule has 0 aromatic heterocycles. The van der Waals surface area contributed by atoms with Gasteiger partial charge in [-0.3, -0.25) is 4.79 Å². The first kappa shape index (κ1) is 11.0. The van der Waals surface area contributed by atoms with Gasteiger partial charge in [0.2, 0.25) is 5.91 Å². The smallest absolute Gasteiger partial charge is 0.221 e. The molecule has 1 N–H and O–H groups in total. The van der Waals surface area contributed by atoms with Crippen molar-refractivity contribution in [2.24, 2.45) is 0 Å². The average molecular weight is 258 g/mol. The van der Waals surface area contributed by atoms with Crippen LogP contribution in [0.15, 0.2) is 16.6 Å². The molecule has 76 valence electrons. The monoisotopic (exact) mass is 257 g/mol. The van der Waals surface area contributed by atoms with Crippen LogP contribution in [0.4, 0.5) is 5.69 Å². The van der Waals surface area contributed by atoms with Crippen LogP contribution in [-0.4, -0.2) is 13.0 Å². The van der Waals surface area contributed by atoms with Crippen molar-refractivity contribution in [1.82, 2.24) is 0 Å². The number of hydrogen-bond donors (Lipinski definition) is 1. The number of carbonyl (C=O) groups excluding carboxylic acids is 1. The molecule has 1 aromatic rings. The van der Waals surface area contributed by atoms with Gasteiger partial charge in [0.1, 0.15) is 5.75 Å². The summed E-state index contributed by atoms with van der Waals surface area (Å²) in [5.41, 5.74) is 1.74. The number of amides is 1. The minimum Gasteiger partial charge on any atom is -0.495 e. The highest BCUT2D eigenvalue weighted by atomic mass is 79.9. The van der Waals surface area contributed by atoms with Crippen LogP contribution in [0.1, 0.15) is 12.5 Å². The van der Waals surface area contributed by atoms with Gasteiger partial charge in [0, 0.05) is 12.6 Å². The summed E-state index contributed by atoms with van der Waals surface area (Å²) in [5, 5.41) is 2.71. The summed E-state index contributed by atoms with van der Waals surface area (Å²) < 4.78 is 6.01. The second kappa shape index (κ2) is 4.46. The van der Waals surface area contributed by atoms with E-state index in [0.29, 0.717) is 0 Å². The van der Waals surface area contributed by atoms with Gasteiger partial charge in [-0.25, -0.2) is 0 Å². The SMILES string of the molecule is COc1c(C)cc(NC(C)=O)cc1Br. The van der Waals surface area contributed by atoms with E-state index in [1.54, 1.807) is 7.11 Å². The quantitative estimate of drug-likeness (QED) is 0.885. The van der Waals surface area contributed by atoms with Gasteiger partial charge in [-0.05, 0) is 40.5 Å². The number of ether oxygens (including phenoxy) is 1. The van der Waals surface area contributed by atoms with E-state index >= 15 is 0 Å². The molecular formula is C10H12BrNO2. The van der Waals surface area contributed by atoms with Crippen molar-refractivity contribution < 1.29 is 9.53 Å². The molecule has 0 saturated carbocycles. The highest BCUT2D eigenvalue weighted by molar-refractivity contribution is 9.10. The summed E-state index contributed by atoms with van der Waals surface area (Å²) in [4.78, 5) is 10.8. The lowest BCUT2D eigenvalue weighted by Crippen LogP contribution is -2.06. The lowest BCUT2D eigenvalue weighted by Gasteiger charge is -2.10. The summed E-state index contributed by atoms with van der Waals surface area (Å²) in [6.45, 7) is 3.41. The van der Waals surface area contributed by atoms with Crippen molar-refractivity contribution >= 4 is 27.5 Å². The largest absolute Gasteiger partial charge is 0.495 e. The van der Waals surface area contributed by atoms with E-state index in [2.05, 4.69) is 21.2 Å².